The number of amides is 3. The molecule has 0 fully saturated rings. The largest absolute Gasteiger partial charge is 0.481 e. The number of carboxylic acid groups (broad SMARTS) is 1. The van der Waals surface area contributed by atoms with Crippen LogP contribution in [0.4, 0.5) is 4.79 Å². The van der Waals surface area contributed by atoms with Gasteiger partial charge in [-0.05, 0) is 12.3 Å². The lowest BCUT2D eigenvalue weighted by molar-refractivity contribution is -0.137. The summed E-state index contributed by atoms with van der Waals surface area (Å²) in [7, 11) is 0. The lowest BCUT2D eigenvalue weighted by Crippen LogP contribution is -2.39. The number of primary amides is 1. The molecule has 98 valence electrons. The van der Waals surface area contributed by atoms with Crippen molar-refractivity contribution in [2.75, 3.05) is 13.1 Å². The van der Waals surface area contributed by atoms with Gasteiger partial charge in [-0.2, -0.15) is 0 Å². The molecule has 0 radical (unpaired) electrons. The van der Waals surface area contributed by atoms with Crippen molar-refractivity contribution in [3.8, 4) is 0 Å². The van der Waals surface area contributed by atoms with Gasteiger partial charge in [0.1, 0.15) is 0 Å². The van der Waals surface area contributed by atoms with Gasteiger partial charge in [0.15, 0.2) is 0 Å². The second-order valence-corrected chi connectivity index (χ2v) is 3.89. The molecule has 0 bridgehead atoms. The first-order chi connectivity index (χ1) is 7.91. The highest BCUT2D eigenvalue weighted by molar-refractivity contribution is 5.76. The van der Waals surface area contributed by atoms with Crippen LogP contribution < -0.4 is 16.4 Å². The van der Waals surface area contributed by atoms with Gasteiger partial charge in [0.25, 0.3) is 0 Å². The van der Waals surface area contributed by atoms with E-state index in [-0.39, 0.29) is 31.3 Å². The van der Waals surface area contributed by atoms with Gasteiger partial charge in [0, 0.05) is 25.9 Å². The van der Waals surface area contributed by atoms with Crippen molar-refractivity contribution < 1.29 is 19.5 Å². The summed E-state index contributed by atoms with van der Waals surface area (Å²) in [4.78, 5) is 31.9. The molecule has 0 aliphatic carbocycles. The molecule has 0 saturated heterocycles. The van der Waals surface area contributed by atoms with Crippen molar-refractivity contribution in [1.82, 2.24) is 10.6 Å². The van der Waals surface area contributed by atoms with Gasteiger partial charge >= 0.3 is 12.0 Å². The number of carbonyl (C=O) groups is 3. The summed E-state index contributed by atoms with van der Waals surface area (Å²) in [6.45, 7) is 2.45. The maximum atomic E-state index is 11.2. The van der Waals surface area contributed by atoms with E-state index in [0.29, 0.717) is 13.0 Å². The molecule has 0 aliphatic rings. The number of nitrogens with two attached hydrogens (primary N) is 1. The second-order valence-electron chi connectivity index (χ2n) is 3.89. The van der Waals surface area contributed by atoms with Gasteiger partial charge in [-0.25, -0.2) is 4.79 Å². The number of hydrogen-bond acceptors (Lipinski definition) is 3. The quantitative estimate of drug-likeness (QED) is 0.467. The van der Waals surface area contributed by atoms with E-state index in [9.17, 15) is 14.4 Å². The summed E-state index contributed by atoms with van der Waals surface area (Å²) in [6, 6.07) is -0.381. The molecule has 3 amide bonds. The Morgan fingerprint density at radius 3 is 2.41 bits per heavy atom. The Morgan fingerprint density at radius 2 is 1.88 bits per heavy atom. The third-order valence-corrected chi connectivity index (χ3v) is 2.12. The first-order valence-electron chi connectivity index (χ1n) is 5.43. The number of carbonyl (C=O) groups excluding carboxylic acids is 2. The fourth-order valence-corrected chi connectivity index (χ4v) is 1.10. The van der Waals surface area contributed by atoms with Crippen LogP contribution in [0.5, 0.6) is 0 Å². The molecule has 1 unspecified atom stereocenters. The number of hydrogen-bond donors (Lipinski definition) is 4. The van der Waals surface area contributed by atoms with Crippen molar-refractivity contribution in [3.05, 3.63) is 0 Å². The SMILES string of the molecule is CC(CCC(=O)O)CNC(=O)NCCC(N)=O. The van der Waals surface area contributed by atoms with Crippen molar-refractivity contribution in [3.63, 3.8) is 0 Å². The monoisotopic (exact) mass is 245 g/mol. The van der Waals surface area contributed by atoms with E-state index in [4.69, 9.17) is 10.8 Å². The van der Waals surface area contributed by atoms with Crippen LogP contribution in [0.15, 0.2) is 0 Å². The van der Waals surface area contributed by atoms with Gasteiger partial charge < -0.3 is 21.5 Å². The molecule has 0 aromatic heterocycles. The van der Waals surface area contributed by atoms with Gasteiger partial charge in [-0.1, -0.05) is 6.92 Å². The molecular weight excluding hydrogens is 226 g/mol. The van der Waals surface area contributed by atoms with Crippen LogP contribution in [0.2, 0.25) is 0 Å². The van der Waals surface area contributed by atoms with E-state index in [2.05, 4.69) is 10.6 Å². The second kappa shape index (κ2) is 8.37. The Morgan fingerprint density at radius 1 is 1.24 bits per heavy atom. The topological polar surface area (TPSA) is 122 Å². The van der Waals surface area contributed by atoms with Crippen molar-refractivity contribution in [2.45, 2.75) is 26.2 Å². The highest BCUT2D eigenvalue weighted by Gasteiger charge is 2.07. The maximum Gasteiger partial charge on any atom is 0.314 e. The minimum absolute atomic E-state index is 0.0894. The van der Waals surface area contributed by atoms with Gasteiger partial charge in [0.05, 0.1) is 0 Å². The zero-order valence-corrected chi connectivity index (χ0v) is 9.86. The Bertz CT molecular complexity index is 281. The van der Waals surface area contributed by atoms with Crippen molar-refractivity contribution in [1.29, 1.82) is 0 Å². The van der Waals surface area contributed by atoms with E-state index in [1.807, 2.05) is 6.92 Å². The molecule has 0 spiro atoms. The minimum Gasteiger partial charge on any atom is -0.481 e. The highest BCUT2D eigenvalue weighted by atomic mass is 16.4. The van der Waals surface area contributed by atoms with Crippen LogP contribution in [0, 0.1) is 5.92 Å². The van der Waals surface area contributed by atoms with Gasteiger partial charge in [0.2, 0.25) is 5.91 Å². The lowest BCUT2D eigenvalue weighted by atomic mass is 10.1. The number of aliphatic carboxylic acids is 1. The molecule has 1 atom stereocenters. The average molecular weight is 245 g/mol. The van der Waals surface area contributed by atoms with Crippen molar-refractivity contribution >= 4 is 17.9 Å². The minimum atomic E-state index is -0.845. The molecule has 0 saturated carbocycles. The van der Waals surface area contributed by atoms with E-state index in [0.717, 1.165) is 0 Å². The first kappa shape index (κ1) is 15.2. The van der Waals surface area contributed by atoms with Crippen LogP contribution in [0.1, 0.15) is 26.2 Å². The molecule has 0 heterocycles. The summed E-state index contributed by atoms with van der Waals surface area (Å²) in [5.41, 5.74) is 4.90. The molecular formula is C10H19N3O4. The maximum absolute atomic E-state index is 11.2. The Hall–Kier alpha value is -1.79. The van der Waals surface area contributed by atoms with E-state index >= 15 is 0 Å². The normalized spacial score (nSPS) is 11.6. The molecule has 0 rings (SSSR count). The first-order valence-corrected chi connectivity index (χ1v) is 5.43. The number of carboxylic acids is 1. The molecule has 7 nitrogen and oxygen atoms in total. The van der Waals surface area contributed by atoms with Crippen LogP contribution >= 0.6 is 0 Å². The van der Waals surface area contributed by atoms with Crippen molar-refractivity contribution in [2.24, 2.45) is 11.7 Å². The molecule has 0 aromatic carbocycles. The van der Waals surface area contributed by atoms with E-state index in [1.54, 1.807) is 0 Å². The van der Waals surface area contributed by atoms with Gasteiger partial charge in [-0.3, -0.25) is 9.59 Å². The third kappa shape index (κ3) is 10.5. The Balaban J connectivity index is 3.55. The summed E-state index contributed by atoms with van der Waals surface area (Å²) in [6.07, 6.45) is 0.699. The zero-order chi connectivity index (χ0) is 13.3. The van der Waals surface area contributed by atoms with E-state index in [1.165, 1.54) is 0 Å². The summed E-state index contributed by atoms with van der Waals surface area (Å²) < 4.78 is 0. The molecule has 0 aromatic rings. The highest BCUT2D eigenvalue weighted by Crippen LogP contribution is 2.03. The number of urea groups is 1. The Labute approximate surface area is 99.7 Å². The number of rotatable bonds is 8. The van der Waals surface area contributed by atoms with Crippen LogP contribution in [0.25, 0.3) is 0 Å². The van der Waals surface area contributed by atoms with Crippen LogP contribution in [0.3, 0.4) is 0 Å². The lowest BCUT2D eigenvalue weighted by Gasteiger charge is -2.11. The molecule has 17 heavy (non-hydrogen) atoms. The van der Waals surface area contributed by atoms with Crippen LogP contribution in [-0.2, 0) is 9.59 Å². The fraction of sp³-hybridized carbons (Fsp3) is 0.700. The molecule has 7 heteroatoms. The fourth-order valence-electron chi connectivity index (χ4n) is 1.10. The Kier molecular flexibility index (Phi) is 7.49. The standard InChI is InChI=1S/C10H19N3O4/c1-7(2-3-9(15)16)6-13-10(17)12-5-4-8(11)14/h7H,2-6H2,1H3,(H2,11,14)(H,15,16)(H2,12,13,17). The molecule has 5 N–H and O–H groups in total. The zero-order valence-electron chi connectivity index (χ0n) is 9.86. The third-order valence-electron chi connectivity index (χ3n) is 2.12. The summed E-state index contributed by atoms with van der Waals surface area (Å²) in [5, 5.41) is 13.5. The predicted octanol–water partition coefficient (Wildman–Crippen LogP) is -0.338. The predicted molar refractivity (Wildman–Crippen MR) is 61.2 cm³/mol. The average Bonchev–Trinajstić information content (AvgIpc) is 2.23. The molecule has 0 aliphatic heterocycles. The van der Waals surface area contributed by atoms with Gasteiger partial charge in [-0.15, -0.1) is 0 Å². The summed E-state index contributed by atoms with van der Waals surface area (Å²) in [5.74, 6) is -1.23. The number of nitrogens with one attached hydrogen (secondary N) is 2. The summed E-state index contributed by atoms with van der Waals surface area (Å²) >= 11 is 0. The smallest absolute Gasteiger partial charge is 0.314 e. The van der Waals surface area contributed by atoms with E-state index < -0.39 is 11.9 Å². The van der Waals surface area contributed by atoms with Crippen LogP contribution in [-0.4, -0.2) is 36.1 Å².